The highest BCUT2D eigenvalue weighted by Crippen LogP contribution is 2.46. The first-order valence-corrected chi connectivity index (χ1v) is 11.3. The topological polar surface area (TPSA) is 14.1 Å². The summed E-state index contributed by atoms with van der Waals surface area (Å²) >= 11 is 0. The van der Waals surface area contributed by atoms with Gasteiger partial charge in [-0.2, -0.15) is 0 Å². The fourth-order valence-corrected chi connectivity index (χ4v) is 5.12. The minimum absolute atomic E-state index is 1.05. The summed E-state index contributed by atoms with van der Waals surface area (Å²) in [6, 6.07) is 43.5. The Hall–Kier alpha value is -4.36. The third-order valence-corrected chi connectivity index (χ3v) is 6.73. The Bertz CT molecular complexity index is 1560. The lowest BCUT2D eigenvalue weighted by Gasteiger charge is -2.10. The van der Waals surface area contributed by atoms with E-state index in [9.17, 15) is 0 Å². The van der Waals surface area contributed by atoms with Gasteiger partial charge < -0.3 is 0 Å². The molecule has 6 aromatic rings. The van der Waals surface area contributed by atoms with Gasteiger partial charge in [0.1, 0.15) is 0 Å². The Morgan fingerprint density at radius 2 is 0.818 bits per heavy atom. The standard InChI is InChI=1S/C32H20N/c1-3-11-25-21(7-1)9-5-13-27(25)23-15-17-31-29(19-23)30-20-24(16-18-32(30)33-31)28-14-6-10-22-8-2-4-12-26(22)28/h1-20H. The van der Waals surface area contributed by atoms with Crippen LogP contribution in [0.1, 0.15) is 0 Å². The second-order valence-corrected chi connectivity index (χ2v) is 8.63. The van der Waals surface area contributed by atoms with Gasteiger partial charge in [0.15, 0.2) is 0 Å². The molecule has 0 saturated carbocycles. The lowest BCUT2D eigenvalue weighted by atomic mass is 9.93. The van der Waals surface area contributed by atoms with E-state index in [1.54, 1.807) is 0 Å². The lowest BCUT2D eigenvalue weighted by Crippen LogP contribution is -1.84. The van der Waals surface area contributed by atoms with Gasteiger partial charge in [0, 0.05) is 11.1 Å². The monoisotopic (exact) mass is 418 g/mol. The van der Waals surface area contributed by atoms with E-state index < -0.39 is 0 Å². The molecule has 6 aromatic carbocycles. The van der Waals surface area contributed by atoms with E-state index >= 15 is 0 Å². The fourth-order valence-electron chi connectivity index (χ4n) is 5.12. The van der Waals surface area contributed by atoms with Crippen LogP contribution in [0.4, 0.5) is 11.4 Å². The number of nitrogens with zero attached hydrogens (tertiary/aromatic N) is 1. The average molecular weight is 419 g/mol. The second-order valence-electron chi connectivity index (χ2n) is 8.63. The summed E-state index contributed by atoms with van der Waals surface area (Å²) < 4.78 is 0. The van der Waals surface area contributed by atoms with Crippen molar-refractivity contribution in [2.24, 2.45) is 0 Å². The van der Waals surface area contributed by atoms with Crippen molar-refractivity contribution in [3.63, 3.8) is 0 Å². The molecule has 0 atom stereocenters. The van der Waals surface area contributed by atoms with Crippen molar-refractivity contribution < 1.29 is 0 Å². The normalized spacial score (nSPS) is 11.9. The van der Waals surface area contributed by atoms with Crippen LogP contribution in [0.5, 0.6) is 0 Å². The van der Waals surface area contributed by atoms with Crippen molar-refractivity contribution in [3.05, 3.63) is 121 Å². The van der Waals surface area contributed by atoms with Gasteiger partial charge in [0.2, 0.25) is 0 Å². The van der Waals surface area contributed by atoms with E-state index in [1.165, 1.54) is 54.9 Å². The summed E-state index contributed by atoms with van der Waals surface area (Å²) in [6.45, 7) is 0. The Morgan fingerprint density at radius 3 is 1.33 bits per heavy atom. The van der Waals surface area contributed by atoms with Crippen molar-refractivity contribution in [2.45, 2.75) is 0 Å². The summed E-state index contributed by atoms with van der Waals surface area (Å²) in [4.78, 5) is 0. The van der Waals surface area contributed by atoms with Crippen LogP contribution >= 0.6 is 0 Å². The Kier molecular flexibility index (Phi) is 3.91. The number of fused-ring (bicyclic) bond motifs is 5. The first-order valence-electron chi connectivity index (χ1n) is 11.3. The molecular formula is C32H20N. The Labute approximate surface area is 193 Å². The largest absolute Gasteiger partial charge is 0.248 e. The lowest BCUT2D eigenvalue weighted by molar-refractivity contribution is 1.24. The van der Waals surface area contributed by atoms with Crippen molar-refractivity contribution in [1.29, 1.82) is 0 Å². The zero-order valence-electron chi connectivity index (χ0n) is 18.0. The van der Waals surface area contributed by atoms with Gasteiger partial charge in [0.05, 0.1) is 11.4 Å². The molecule has 153 valence electrons. The molecule has 0 unspecified atom stereocenters. The molecule has 1 heteroatoms. The van der Waals surface area contributed by atoms with E-state index in [0.717, 1.165) is 11.4 Å². The first kappa shape index (κ1) is 18.2. The van der Waals surface area contributed by atoms with Gasteiger partial charge in [-0.3, -0.25) is 0 Å². The smallest absolute Gasteiger partial charge is 0.0716 e. The predicted molar refractivity (Wildman–Crippen MR) is 139 cm³/mol. The molecule has 1 aliphatic rings. The maximum Gasteiger partial charge on any atom is 0.0716 e. The summed E-state index contributed by atoms with van der Waals surface area (Å²) in [5.41, 5.74) is 9.47. The fraction of sp³-hybridized carbons (Fsp3) is 0. The van der Waals surface area contributed by atoms with Gasteiger partial charge in [-0.15, -0.1) is 0 Å². The van der Waals surface area contributed by atoms with E-state index in [2.05, 4.69) is 121 Å². The Balaban J connectivity index is 1.39. The third-order valence-electron chi connectivity index (χ3n) is 6.73. The molecule has 0 aliphatic carbocycles. The molecule has 1 nitrogen and oxygen atoms in total. The van der Waals surface area contributed by atoms with Crippen LogP contribution in [0, 0.1) is 0 Å². The quantitative estimate of drug-likeness (QED) is 0.266. The van der Waals surface area contributed by atoms with Gasteiger partial charge >= 0.3 is 0 Å². The SMILES string of the molecule is c1ccc2c(-c3ccc4c(c3)-c3cc(-c5cccc6ccccc56)ccc3[N]4)cccc2c1. The van der Waals surface area contributed by atoms with Crippen LogP contribution in [0.2, 0.25) is 0 Å². The first-order chi connectivity index (χ1) is 16.3. The molecule has 0 amide bonds. The number of hydrogen-bond acceptors (Lipinski definition) is 0. The highest BCUT2D eigenvalue weighted by atomic mass is 14.9. The summed E-state index contributed by atoms with van der Waals surface area (Å²) in [7, 11) is 0. The third kappa shape index (κ3) is 2.86. The van der Waals surface area contributed by atoms with Crippen LogP contribution in [0.15, 0.2) is 121 Å². The number of rotatable bonds is 2. The minimum atomic E-state index is 1.05. The highest BCUT2D eigenvalue weighted by Gasteiger charge is 2.21. The average Bonchev–Trinajstić information content (AvgIpc) is 3.25. The van der Waals surface area contributed by atoms with Crippen molar-refractivity contribution in [1.82, 2.24) is 5.32 Å². The molecule has 1 aliphatic heterocycles. The molecule has 0 N–H and O–H groups in total. The van der Waals surface area contributed by atoms with Crippen LogP contribution < -0.4 is 5.32 Å². The van der Waals surface area contributed by atoms with Gasteiger partial charge in [0.25, 0.3) is 0 Å². The molecule has 0 saturated heterocycles. The van der Waals surface area contributed by atoms with Gasteiger partial charge in [-0.05, 0) is 68.1 Å². The molecule has 0 bridgehead atoms. The van der Waals surface area contributed by atoms with E-state index in [4.69, 9.17) is 5.32 Å². The van der Waals surface area contributed by atoms with Crippen molar-refractivity contribution in [2.75, 3.05) is 0 Å². The van der Waals surface area contributed by atoms with E-state index in [0.29, 0.717) is 0 Å². The highest BCUT2D eigenvalue weighted by molar-refractivity contribution is 6.02. The zero-order valence-corrected chi connectivity index (χ0v) is 18.0. The zero-order chi connectivity index (χ0) is 21.8. The van der Waals surface area contributed by atoms with Crippen molar-refractivity contribution >= 4 is 32.9 Å². The molecule has 1 heterocycles. The van der Waals surface area contributed by atoms with Gasteiger partial charge in [-0.25, -0.2) is 5.32 Å². The van der Waals surface area contributed by atoms with Crippen LogP contribution in [0.25, 0.3) is 54.9 Å². The maximum atomic E-state index is 4.91. The predicted octanol–water partition coefficient (Wildman–Crippen LogP) is 8.87. The van der Waals surface area contributed by atoms with Gasteiger partial charge in [-0.1, -0.05) is 97.1 Å². The molecular weight excluding hydrogens is 398 g/mol. The number of benzene rings is 6. The molecule has 0 fully saturated rings. The summed E-state index contributed by atoms with van der Waals surface area (Å²) in [6.07, 6.45) is 0. The van der Waals surface area contributed by atoms with E-state index in [-0.39, 0.29) is 0 Å². The minimum Gasteiger partial charge on any atom is -0.248 e. The maximum absolute atomic E-state index is 4.91. The number of hydrogen-bond donors (Lipinski definition) is 0. The second kappa shape index (κ2) is 7.08. The van der Waals surface area contributed by atoms with Crippen LogP contribution in [-0.2, 0) is 0 Å². The van der Waals surface area contributed by atoms with Crippen LogP contribution in [-0.4, -0.2) is 0 Å². The summed E-state index contributed by atoms with van der Waals surface area (Å²) in [5.74, 6) is 0. The molecule has 7 rings (SSSR count). The Morgan fingerprint density at radius 1 is 0.364 bits per heavy atom. The molecule has 1 radical (unpaired) electrons. The van der Waals surface area contributed by atoms with Crippen molar-refractivity contribution in [3.8, 4) is 33.4 Å². The molecule has 33 heavy (non-hydrogen) atoms. The molecule has 0 spiro atoms. The van der Waals surface area contributed by atoms with E-state index in [1.807, 2.05) is 0 Å². The summed E-state index contributed by atoms with van der Waals surface area (Å²) in [5, 5.41) is 9.99. The molecule has 0 aromatic heterocycles. The van der Waals surface area contributed by atoms with Crippen LogP contribution in [0.3, 0.4) is 0 Å².